The van der Waals surface area contributed by atoms with Crippen LogP contribution in [0.25, 0.3) is 11.1 Å². The van der Waals surface area contributed by atoms with Crippen LogP contribution in [0.3, 0.4) is 0 Å². The first-order valence-corrected chi connectivity index (χ1v) is 24.5. The molecule has 0 heterocycles. The van der Waals surface area contributed by atoms with E-state index in [1.807, 2.05) is 48.5 Å². The Labute approximate surface area is 437 Å². The summed E-state index contributed by atoms with van der Waals surface area (Å²) in [6.45, 7) is 5.63. The average molecular weight is 1050 g/mol. The molecule has 8 atom stereocenters. The van der Waals surface area contributed by atoms with Crippen LogP contribution in [-0.4, -0.2) is 135 Å². The molecule has 4 aromatic carbocycles. The molecule has 11 N–H and O–H groups in total. The van der Waals surface area contributed by atoms with E-state index in [2.05, 4.69) is 37.2 Å². The van der Waals surface area contributed by atoms with Crippen LogP contribution in [0, 0.1) is 5.92 Å². The van der Waals surface area contributed by atoms with Crippen molar-refractivity contribution in [3.05, 3.63) is 131 Å². The fourth-order valence-corrected chi connectivity index (χ4v) is 8.50. The lowest BCUT2D eigenvalue weighted by molar-refractivity contribution is -0.143. The molecule has 0 unspecified atom stereocenters. The molecule has 76 heavy (non-hydrogen) atoms. The Morgan fingerprint density at radius 1 is 0.474 bits per heavy atom. The Morgan fingerprint density at radius 3 is 1.38 bits per heavy atom. The second-order valence-corrected chi connectivity index (χ2v) is 18.8. The molecule has 5 rings (SSSR count). The Kier molecular flexibility index (Phi) is 21.1. The minimum Gasteiger partial charge on any atom is -0.481 e. The summed E-state index contributed by atoms with van der Waals surface area (Å²) < 4.78 is 5.71. The third kappa shape index (κ3) is 16.9. The second kappa shape index (κ2) is 27.6. The Hall–Kier alpha value is -8.66. The number of carboxylic acid groups (broad SMARTS) is 3. The molecule has 1 aliphatic carbocycles. The van der Waals surface area contributed by atoms with Gasteiger partial charge >= 0.3 is 24.0 Å². The number of alkyl carbamates (subject to hydrolysis) is 1. The molecule has 0 radical (unpaired) electrons. The van der Waals surface area contributed by atoms with Crippen LogP contribution < -0.4 is 37.2 Å². The van der Waals surface area contributed by atoms with Crippen LogP contribution in [0.1, 0.15) is 75.1 Å². The van der Waals surface area contributed by atoms with Gasteiger partial charge in [0.2, 0.25) is 35.4 Å². The number of carbonyl (C=O) groups excluding carboxylic acids is 7. The summed E-state index contributed by atoms with van der Waals surface area (Å²) in [5.41, 5.74) is 5.10. The van der Waals surface area contributed by atoms with Gasteiger partial charge < -0.3 is 62.4 Å². The highest BCUT2D eigenvalue weighted by molar-refractivity contribution is 5.99. The number of carboxylic acids is 3. The molecule has 7 amide bonds. The van der Waals surface area contributed by atoms with Crippen LogP contribution in [-0.2, 0) is 60.7 Å². The number of benzene rings is 4. The standard InChI is InChI=1S/C54H63N7O15/c1-29(2)23-39(49(69)57-41(26-44(63)64)48(68)55-30(3)47(67)56-42(27-45(65)66)50(70)59-43(53(73)74)25-33-17-9-6-10-18-33)58-52(72)46(31(4)62)61-51(71)40(24-32-15-7-5-8-16-32)60-54(75)76-28-38-36-21-13-11-19-34(36)35-20-12-14-22-37(35)38/h5-22,29-31,38-43,46,62H,23-28H2,1-4H3,(H,55,68)(H,56,67)(H,57,69)(H,58,72)(H,59,70)(H,60,75)(H,61,71)(H,63,64)(H,65,66)(H,73,74)/t30-,31+,39-,40-,41-,42-,43-,46-/m0/s1. The highest BCUT2D eigenvalue weighted by atomic mass is 16.5. The number of rotatable bonds is 27. The lowest BCUT2D eigenvalue weighted by atomic mass is 9.98. The summed E-state index contributed by atoms with van der Waals surface area (Å²) in [6, 6.07) is 20.9. The van der Waals surface area contributed by atoms with Gasteiger partial charge in [-0.2, -0.15) is 0 Å². The van der Waals surface area contributed by atoms with E-state index in [0.717, 1.165) is 29.2 Å². The number of fused-ring (bicyclic) bond motifs is 3. The maximum Gasteiger partial charge on any atom is 0.407 e. The number of aliphatic hydroxyl groups excluding tert-OH is 1. The van der Waals surface area contributed by atoms with Crippen LogP contribution in [0.4, 0.5) is 4.79 Å². The van der Waals surface area contributed by atoms with E-state index in [4.69, 9.17) is 4.74 Å². The van der Waals surface area contributed by atoms with E-state index < -0.39 is 121 Å². The van der Waals surface area contributed by atoms with E-state index >= 15 is 0 Å². The zero-order valence-corrected chi connectivity index (χ0v) is 42.2. The quantitative estimate of drug-likeness (QED) is 0.0406. The summed E-state index contributed by atoms with van der Waals surface area (Å²) in [6.07, 6.45) is -4.93. The molecular weight excluding hydrogens is 987 g/mol. The van der Waals surface area contributed by atoms with Crippen LogP contribution >= 0.6 is 0 Å². The van der Waals surface area contributed by atoms with E-state index in [-0.39, 0.29) is 37.7 Å². The minimum absolute atomic E-state index is 0.0654. The molecule has 0 spiro atoms. The van der Waals surface area contributed by atoms with E-state index in [9.17, 15) is 68.4 Å². The van der Waals surface area contributed by atoms with E-state index in [1.165, 1.54) is 6.92 Å². The van der Waals surface area contributed by atoms with Gasteiger partial charge in [-0.15, -0.1) is 0 Å². The van der Waals surface area contributed by atoms with Crippen molar-refractivity contribution in [2.24, 2.45) is 5.92 Å². The van der Waals surface area contributed by atoms with Gasteiger partial charge in [-0.05, 0) is 59.6 Å². The minimum atomic E-state index is -1.89. The van der Waals surface area contributed by atoms with Crippen LogP contribution in [0.5, 0.6) is 0 Å². The average Bonchev–Trinajstić information content (AvgIpc) is 3.69. The Balaban J connectivity index is 1.24. The van der Waals surface area contributed by atoms with Gasteiger partial charge in [0, 0.05) is 18.8 Å². The molecule has 22 heteroatoms. The molecule has 0 bridgehead atoms. The van der Waals surface area contributed by atoms with Crippen molar-refractivity contribution in [3.63, 3.8) is 0 Å². The molecule has 404 valence electrons. The summed E-state index contributed by atoms with van der Waals surface area (Å²) in [4.78, 5) is 131. The fraction of sp³-hybridized carbons (Fsp3) is 0.370. The third-order valence-electron chi connectivity index (χ3n) is 12.3. The van der Waals surface area contributed by atoms with Crippen molar-refractivity contribution < 1.29 is 73.1 Å². The zero-order valence-electron chi connectivity index (χ0n) is 42.2. The zero-order chi connectivity index (χ0) is 55.6. The van der Waals surface area contributed by atoms with Gasteiger partial charge in [0.15, 0.2) is 0 Å². The fourth-order valence-electron chi connectivity index (χ4n) is 8.50. The van der Waals surface area contributed by atoms with Gasteiger partial charge in [0.25, 0.3) is 0 Å². The largest absolute Gasteiger partial charge is 0.481 e. The molecular formula is C54H63N7O15. The molecule has 1 aliphatic rings. The summed E-state index contributed by atoms with van der Waals surface area (Å²) >= 11 is 0. The maximum absolute atomic E-state index is 14.1. The highest BCUT2D eigenvalue weighted by Crippen LogP contribution is 2.44. The number of hydrogen-bond donors (Lipinski definition) is 11. The topological polar surface area (TPSA) is 345 Å². The number of carbonyl (C=O) groups is 10. The lowest BCUT2D eigenvalue weighted by Crippen LogP contribution is -2.61. The highest BCUT2D eigenvalue weighted by Gasteiger charge is 2.37. The summed E-state index contributed by atoms with van der Waals surface area (Å²) in [5, 5.41) is 56.2. The summed E-state index contributed by atoms with van der Waals surface area (Å²) in [5.74, 6) is -11.7. The second-order valence-electron chi connectivity index (χ2n) is 18.8. The predicted molar refractivity (Wildman–Crippen MR) is 273 cm³/mol. The molecule has 0 saturated heterocycles. The molecule has 4 aromatic rings. The maximum atomic E-state index is 14.1. The van der Waals surface area contributed by atoms with Crippen molar-refractivity contribution in [2.75, 3.05) is 6.61 Å². The predicted octanol–water partition coefficient (Wildman–Crippen LogP) is 1.77. The first kappa shape index (κ1) is 58.2. The van der Waals surface area contributed by atoms with E-state index in [1.54, 1.807) is 74.5 Å². The smallest absolute Gasteiger partial charge is 0.407 e. The van der Waals surface area contributed by atoms with Crippen LogP contribution in [0.15, 0.2) is 109 Å². The van der Waals surface area contributed by atoms with Crippen molar-refractivity contribution in [1.82, 2.24) is 37.2 Å². The van der Waals surface area contributed by atoms with Crippen molar-refractivity contribution in [3.8, 4) is 11.1 Å². The van der Waals surface area contributed by atoms with Gasteiger partial charge in [-0.3, -0.25) is 38.4 Å². The van der Waals surface area contributed by atoms with Crippen molar-refractivity contribution >= 4 is 59.4 Å². The van der Waals surface area contributed by atoms with Crippen molar-refractivity contribution in [1.29, 1.82) is 0 Å². The number of amides is 7. The van der Waals surface area contributed by atoms with Gasteiger partial charge in [0.05, 0.1) is 18.9 Å². The first-order chi connectivity index (χ1) is 36.1. The number of aliphatic hydroxyl groups is 1. The van der Waals surface area contributed by atoms with Gasteiger partial charge in [-0.1, -0.05) is 123 Å². The van der Waals surface area contributed by atoms with Gasteiger partial charge in [0.1, 0.15) is 48.9 Å². The molecule has 0 aliphatic heterocycles. The molecule has 0 aromatic heterocycles. The normalized spacial score (nSPS) is 14.8. The first-order valence-electron chi connectivity index (χ1n) is 24.5. The van der Waals surface area contributed by atoms with Crippen LogP contribution in [0.2, 0.25) is 0 Å². The number of aliphatic carboxylic acids is 3. The molecule has 22 nitrogen and oxygen atoms in total. The SMILES string of the molecule is CC(C)C[C@H](NC(=O)[C@@H](NC(=O)[C@H](Cc1ccccc1)NC(=O)OCC1c2ccccc2-c2ccccc21)[C@@H](C)O)C(=O)N[C@@H](CC(=O)O)C(=O)N[C@@H](C)C(=O)N[C@@H](CC(=O)O)C(=O)N[C@@H](Cc1ccccc1)C(=O)O. The Bertz CT molecular complexity index is 2690. The van der Waals surface area contributed by atoms with E-state index in [0.29, 0.717) is 11.1 Å². The number of ether oxygens (including phenoxy) is 1. The molecule has 0 saturated carbocycles. The lowest BCUT2D eigenvalue weighted by Gasteiger charge is -2.28. The Morgan fingerprint density at radius 2 is 0.895 bits per heavy atom. The number of hydrogen-bond acceptors (Lipinski definition) is 12. The van der Waals surface area contributed by atoms with Gasteiger partial charge in [-0.25, -0.2) is 9.59 Å². The number of nitrogens with one attached hydrogen (secondary N) is 7. The third-order valence-corrected chi connectivity index (χ3v) is 12.3. The monoisotopic (exact) mass is 1050 g/mol. The summed E-state index contributed by atoms with van der Waals surface area (Å²) in [7, 11) is 0. The molecule has 0 fully saturated rings. The van der Waals surface area contributed by atoms with Crippen molar-refractivity contribution in [2.45, 2.75) is 114 Å².